The summed E-state index contributed by atoms with van der Waals surface area (Å²) in [7, 11) is -0.932. The molecule has 1 atom stereocenters. The molecular weight excluding hydrogens is 254 g/mol. The summed E-state index contributed by atoms with van der Waals surface area (Å²) in [5.74, 6) is 0. The highest BCUT2D eigenvalue weighted by Gasteiger charge is 2.22. The van der Waals surface area contributed by atoms with Crippen molar-refractivity contribution in [3.05, 3.63) is 11.9 Å². The Bertz CT molecular complexity index is 506. The van der Waals surface area contributed by atoms with Gasteiger partial charge in [-0.15, -0.1) is 0 Å². The van der Waals surface area contributed by atoms with E-state index >= 15 is 0 Å². The van der Waals surface area contributed by atoms with Crippen molar-refractivity contribution >= 4 is 21.3 Å². The molecule has 16 heavy (non-hydrogen) atoms. The molecule has 1 heterocycles. The first-order valence-electron chi connectivity index (χ1n) is 4.26. The van der Waals surface area contributed by atoms with Crippen LogP contribution >= 0.6 is 0 Å². The third kappa shape index (κ3) is 2.60. The van der Waals surface area contributed by atoms with Crippen molar-refractivity contribution < 1.29 is 16.8 Å². The molecule has 0 radical (unpaired) electrons. The maximum absolute atomic E-state index is 11.8. The Hall–Kier alpha value is -0.930. The second-order valence-electron chi connectivity index (χ2n) is 3.24. The number of hydrogen-bond acceptors (Lipinski definition) is 5. The minimum Gasteiger partial charge on any atom is -0.362 e. The van der Waals surface area contributed by atoms with Crippen LogP contribution in [-0.2, 0) is 21.3 Å². The van der Waals surface area contributed by atoms with Gasteiger partial charge in [-0.2, -0.15) is 21.7 Å². The molecule has 1 aromatic heterocycles. The van der Waals surface area contributed by atoms with Crippen molar-refractivity contribution in [2.24, 2.45) is 0 Å². The summed E-state index contributed by atoms with van der Waals surface area (Å²) in [6.45, 7) is 1.62. The quantitative estimate of drug-likeness (QED) is 0.736. The van der Waals surface area contributed by atoms with Gasteiger partial charge in [0.25, 0.3) is 0 Å². The summed E-state index contributed by atoms with van der Waals surface area (Å²) in [6.07, 6.45) is 2.59. The maximum atomic E-state index is 11.8. The molecule has 1 unspecified atom stereocenters. The van der Waals surface area contributed by atoms with Crippen molar-refractivity contribution in [2.75, 3.05) is 20.4 Å². The lowest BCUT2D eigenvalue weighted by Gasteiger charge is -2.12. The first kappa shape index (κ1) is 13.1. The van der Waals surface area contributed by atoms with Gasteiger partial charge in [-0.05, 0) is 6.92 Å². The summed E-state index contributed by atoms with van der Waals surface area (Å²) in [4.78, 5) is 3.84. The first-order valence-corrected chi connectivity index (χ1v) is 7.14. The monoisotopic (exact) mass is 267 g/mol. The van der Waals surface area contributed by atoms with Crippen molar-refractivity contribution in [2.45, 2.75) is 6.92 Å². The van der Waals surface area contributed by atoms with E-state index in [0.717, 1.165) is 8.28 Å². The minimum absolute atomic E-state index is 0.202. The molecule has 7 nitrogen and oxygen atoms in total. The van der Waals surface area contributed by atoms with E-state index in [2.05, 4.69) is 4.98 Å². The molecule has 92 valence electrons. The van der Waals surface area contributed by atoms with Crippen molar-refractivity contribution in [3.8, 4) is 6.01 Å². The molecule has 1 aromatic rings. The van der Waals surface area contributed by atoms with E-state index in [-0.39, 0.29) is 6.01 Å². The fourth-order valence-electron chi connectivity index (χ4n) is 0.955. The van der Waals surface area contributed by atoms with Crippen molar-refractivity contribution in [3.63, 3.8) is 0 Å². The van der Waals surface area contributed by atoms with E-state index in [4.69, 9.17) is 4.18 Å². The first-order chi connectivity index (χ1) is 7.25. The van der Waals surface area contributed by atoms with Gasteiger partial charge < -0.3 is 4.18 Å². The number of rotatable bonds is 4. The Morgan fingerprint density at radius 3 is 2.50 bits per heavy atom. The largest absolute Gasteiger partial charge is 0.362 e. The van der Waals surface area contributed by atoms with Crippen molar-refractivity contribution in [1.29, 1.82) is 0 Å². The average Bonchev–Trinajstić information content (AvgIpc) is 2.45. The van der Waals surface area contributed by atoms with Gasteiger partial charge in [0.1, 0.15) is 0 Å². The van der Waals surface area contributed by atoms with Crippen LogP contribution in [0.25, 0.3) is 0 Å². The Labute approximate surface area is 96.9 Å². The zero-order valence-electron chi connectivity index (χ0n) is 9.37. The van der Waals surface area contributed by atoms with Gasteiger partial charge >= 0.3 is 16.2 Å². The highest BCUT2D eigenvalue weighted by molar-refractivity contribution is 7.87. The minimum atomic E-state index is -3.70. The molecule has 0 spiro atoms. The molecule has 0 aromatic carbocycles. The Kier molecular flexibility index (Phi) is 3.71. The molecule has 0 aliphatic heterocycles. The van der Waals surface area contributed by atoms with Gasteiger partial charge in [0.2, 0.25) is 11.1 Å². The summed E-state index contributed by atoms with van der Waals surface area (Å²) >= 11 is -1.63. The fourth-order valence-corrected chi connectivity index (χ4v) is 2.24. The maximum Gasteiger partial charge on any atom is 0.326 e. The van der Waals surface area contributed by atoms with E-state index in [1.165, 1.54) is 26.5 Å². The van der Waals surface area contributed by atoms with Crippen LogP contribution in [-0.4, -0.2) is 46.2 Å². The zero-order valence-corrected chi connectivity index (χ0v) is 11.0. The second-order valence-corrected chi connectivity index (χ2v) is 6.22. The third-order valence-corrected chi connectivity index (χ3v) is 3.73. The standard InChI is InChI=1S/C7H13N3O4S2/c1-6-5-10(16(12,13)9(2)3)7(8-6)14-15(4)11/h5H,1-4H3. The lowest BCUT2D eigenvalue weighted by molar-refractivity contribution is 0.488. The van der Waals surface area contributed by atoms with Crippen LogP contribution in [0.1, 0.15) is 5.69 Å². The molecule has 0 saturated heterocycles. The van der Waals surface area contributed by atoms with Gasteiger partial charge in [-0.3, -0.25) is 0 Å². The van der Waals surface area contributed by atoms with Crippen LogP contribution in [0.3, 0.4) is 0 Å². The summed E-state index contributed by atoms with van der Waals surface area (Å²) in [5, 5.41) is 0. The van der Waals surface area contributed by atoms with Gasteiger partial charge in [-0.25, -0.2) is 4.21 Å². The Balaban J connectivity index is 3.28. The highest BCUT2D eigenvalue weighted by atomic mass is 32.2. The van der Waals surface area contributed by atoms with E-state index in [9.17, 15) is 12.6 Å². The van der Waals surface area contributed by atoms with E-state index in [1.54, 1.807) is 6.92 Å². The number of aryl methyl sites for hydroxylation is 1. The van der Waals surface area contributed by atoms with Crippen LogP contribution in [0, 0.1) is 6.92 Å². The van der Waals surface area contributed by atoms with Crippen LogP contribution in [0.15, 0.2) is 6.20 Å². The van der Waals surface area contributed by atoms with E-state index in [0.29, 0.717) is 5.69 Å². The van der Waals surface area contributed by atoms with Crippen LogP contribution in [0.5, 0.6) is 6.01 Å². The SMILES string of the molecule is Cc1cn(S(=O)(=O)N(C)C)c(OS(C)=O)n1. The van der Waals surface area contributed by atoms with Gasteiger partial charge in [0, 0.05) is 26.5 Å². The predicted molar refractivity (Wildman–Crippen MR) is 59.7 cm³/mol. The van der Waals surface area contributed by atoms with E-state index in [1.807, 2.05) is 0 Å². The molecule has 0 bridgehead atoms. The summed E-state index contributed by atoms with van der Waals surface area (Å²) < 4.78 is 41.2. The Morgan fingerprint density at radius 1 is 1.50 bits per heavy atom. The van der Waals surface area contributed by atoms with Gasteiger partial charge in [-0.1, -0.05) is 0 Å². The van der Waals surface area contributed by atoms with E-state index < -0.39 is 21.3 Å². The molecule has 0 aliphatic carbocycles. The van der Waals surface area contributed by atoms with Crippen LogP contribution in [0.4, 0.5) is 0 Å². The average molecular weight is 267 g/mol. The number of nitrogens with zero attached hydrogens (tertiary/aromatic N) is 3. The molecule has 1 rings (SSSR count). The lowest BCUT2D eigenvalue weighted by atomic mass is 10.6. The topological polar surface area (TPSA) is 81.5 Å². The molecule has 0 aliphatic rings. The van der Waals surface area contributed by atoms with Crippen LogP contribution in [0.2, 0.25) is 0 Å². The Morgan fingerprint density at radius 2 is 2.06 bits per heavy atom. The zero-order chi connectivity index (χ0) is 12.5. The fraction of sp³-hybridized carbons (Fsp3) is 0.571. The molecule has 0 fully saturated rings. The second kappa shape index (κ2) is 4.52. The number of imidazole rings is 1. The summed E-state index contributed by atoms with van der Waals surface area (Å²) in [5.41, 5.74) is 0.464. The number of hydrogen-bond donors (Lipinski definition) is 0. The van der Waals surface area contributed by atoms with Crippen molar-refractivity contribution in [1.82, 2.24) is 13.3 Å². The molecule has 0 saturated carbocycles. The van der Waals surface area contributed by atoms with Gasteiger partial charge in [0.05, 0.1) is 5.69 Å². The van der Waals surface area contributed by atoms with Crippen LogP contribution < -0.4 is 4.18 Å². The normalized spacial score (nSPS) is 14.1. The predicted octanol–water partition coefficient (Wildman–Crippen LogP) is -0.482. The molecule has 9 heteroatoms. The molecule has 0 N–H and O–H groups in total. The smallest absolute Gasteiger partial charge is 0.326 e. The lowest BCUT2D eigenvalue weighted by Crippen LogP contribution is -2.29. The molecule has 0 amide bonds. The number of aromatic nitrogens is 2. The van der Waals surface area contributed by atoms with Gasteiger partial charge in [0.15, 0.2) is 0 Å². The summed E-state index contributed by atoms with van der Waals surface area (Å²) in [6, 6.07) is -0.202. The third-order valence-electron chi connectivity index (χ3n) is 1.67. The highest BCUT2D eigenvalue weighted by Crippen LogP contribution is 2.16. The molecular formula is C7H13N3O4S2.